The van der Waals surface area contributed by atoms with Gasteiger partial charge in [-0.2, -0.15) is 0 Å². The quantitative estimate of drug-likeness (QED) is 0.684. The predicted octanol–water partition coefficient (Wildman–Crippen LogP) is 0.736. The molecule has 1 heterocycles. The minimum atomic E-state index is -0.226. The summed E-state index contributed by atoms with van der Waals surface area (Å²) in [4.78, 5) is 13.6. The van der Waals surface area contributed by atoms with Crippen LogP contribution in [0.15, 0.2) is 0 Å². The first-order valence-electron chi connectivity index (χ1n) is 5.15. The first-order chi connectivity index (χ1) is 6.11. The van der Waals surface area contributed by atoms with Crippen LogP contribution < -0.4 is 5.73 Å². The molecule has 2 aliphatic rings. The lowest BCUT2D eigenvalue weighted by atomic mass is 10.0. The Kier molecular flexibility index (Phi) is 2.06. The molecule has 2 rings (SSSR count). The lowest BCUT2D eigenvalue weighted by molar-refractivity contribution is -0.135. The van der Waals surface area contributed by atoms with Gasteiger partial charge in [0, 0.05) is 13.1 Å². The fourth-order valence-electron chi connectivity index (χ4n) is 1.96. The lowest BCUT2D eigenvalue weighted by Gasteiger charge is -2.32. The molecule has 0 aromatic carbocycles. The fraction of sp³-hybridized carbons (Fsp3) is 0.900. The van der Waals surface area contributed by atoms with E-state index in [2.05, 4.69) is 6.92 Å². The first-order valence-corrected chi connectivity index (χ1v) is 5.15. The standard InChI is InChI=1S/C10H18N2O/c1-10(4-5-10)7-12-6-2-3-8(11)9(12)13/h8H,2-7,11H2,1H3. The third kappa shape index (κ3) is 1.85. The molecule has 1 atom stereocenters. The molecule has 3 heteroatoms. The number of carbonyl (C=O) groups excluding carboxylic acids is 1. The van der Waals surface area contributed by atoms with E-state index in [0.717, 1.165) is 25.9 Å². The third-order valence-electron chi connectivity index (χ3n) is 3.25. The zero-order valence-corrected chi connectivity index (χ0v) is 8.25. The van der Waals surface area contributed by atoms with Gasteiger partial charge >= 0.3 is 0 Å². The minimum absolute atomic E-state index is 0.166. The molecule has 1 saturated heterocycles. The number of nitrogens with two attached hydrogens (primary N) is 1. The van der Waals surface area contributed by atoms with Crippen molar-refractivity contribution in [2.45, 2.75) is 38.6 Å². The van der Waals surface area contributed by atoms with Gasteiger partial charge in [-0.1, -0.05) is 6.92 Å². The van der Waals surface area contributed by atoms with Crippen molar-refractivity contribution in [2.75, 3.05) is 13.1 Å². The summed E-state index contributed by atoms with van der Waals surface area (Å²) >= 11 is 0. The van der Waals surface area contributed by atoms with Gasteiger partial charge in [-0.25, -0.2) is 0 Å². The van der Waals surface area contributed by atoms with Gasteiger partial charge in [0.2, 0.25) is 5.91 Å². The second-order valence-electron chi connectivity index (χ2n) is 4.82. The molecule has 1 amide bonds. The third-order valence-corrected chi connectivity index (χ3v) is 3.25. The molecule has 3 nitrogen and oxygen atoms in total. The Labute approximate surface area is 79.3 Å². The largest absolute Gasteiger partial charge is 0.341 e. The van der Waals surface area contributed by atoms with Gasteiger partial charge in [0.1, 0.15) is 0 Å². The van der Waals surface area contributed by atoms with Crippen molar-refractivity contribution in [3.05, 3.63) is 0 Å². The lowest BCUT2D eigenvalue weighted by Crippen LogP contribution is -2.49. The smallest absolute Gasteiger partial charge is 0.239 e. The van der Waals surface area contributed by atoms with Crippen LogP contribution in [0.5, 0.6) is 0 Å². The number of hydrogen-bond acceptors (Lipinski definition) is 2. The van der Waals surface area contributed by atoms with Crippen LogP contribution in [0.1, 0.15) is 32.6 Å². The number of amides is 1. The van der Waals surface area contributed by atoms with E-state index in [-0.39, 0.29) is 11.9 Å². The molecule has 0 spiro atoms. The number of piperidine rings is 1. The average Bonchev–Trinajstić information content (AvgIpc) is 2.78. The van der Waals surface area contributed by atoms with Gasteiger partial charge < -0.3 is 10.6 Å². The molecule has 2 N–H and O–H groups in total. The van der Waals surface area contributed by atoms with E-state index in [0.29, 0.717) is 5.41 Å². The van der Waals surface area contributed by atoms with Gasteiger partial charge in [-0.05, 0) is 31.1 Å². The molecule has 0 aromatic heterocycles. The molecular weight excluding hydrogens is 164 g/mol. The normalized spacial score (nSPS) is 32.0. The minimum Gasteiger partial charge on any atom is -0.341 e. The summed E-state index contributed by atoms with van der Waals surface area (Å²) in [5.41, 5.74) is 6.14. The molecule has 74 valence electrons. The van der Waals surface area contributed by atoms with Crippen LogP contribution in [0.2, 0.25) is 0 Å². The number of likely N-dealkylation sites (tertiary alicyclic amines) is 1. The van der Waals surface area contributed by atoms with Crippen LogP contribution in [0.3, 0.4) is 0 Å². The van der Waals surface area contributed by atoms with Crippen LogP contribution in [-0.2, 0) is 4.79 Å². The van der Waals surface area contributed by atoms with Crippen molar-refractivity contribution < 1.29 is 4.79 Å². The number of carbonyl (C=O) groups is 1. The Morgan fingerprint density at radius 2 is 2.31 bits per heavy atom. The van der Waals surface area contributed by atoms with Crippen molar-refractivity contribution in [2.24, 2.45) is 11.1 Å². The summed E-state index contributed by atoms with van der Waals surface area (Å²) < 4.78 is 0. The van der Waals surface area contributed by atoms with E-state index in [1.165, 1.54) is 12.8 Å². The number of hydrogen-bond donors (Lipinski definition) is 1. The average molecular weight is 182 g/mol. The van der Waals surface area contributed by atoms with Crippen molar-refractivity contribution in [1.29, 1.82) is 0 Å². The molecule has 2 fully saturated rings. The Balaban J connectivity index is 1.93. The second-order valence-corrected chi connectivity index (χ2v) is 4.82. The highest BCUT2D eigenvalue weighted by Gasteiger charge is 2.41. The summed E-state index contributed by atoms with van der Waals surface area (Å²) in [5.74, 6) is 0.166. The zero-order chi connectivity index (χ0) is 9.47. The van der Waals surface area contributed by atoms with E-state index >= 15 is 0 Å². The Bertz CT molecular complexity index is 223. The highest BCUT2D eigenvalue weighted by Crippen LogP contribution is 2.45. The molecule has 1 aliphatic heterocycles. The van der Waals surface area contributed by atoms with Crippen molar-refractivity contribution >= 4 is 5.91 Å². The van der Waals surface area contributed by atoms with Gasteiger partial charge in [0.05, 0.1) is 6.04 Å². The Morgan fingerprint density at radius 3 is 2.92 bits per heavy atom. The molecule has 0 aromatic rings. The highest BCUT2D eigenvalue weighted by molar-refractivity contribution is 5.82. The van der Waals surface area contributed by atoms with Crippen molar-refractivity contribution in [1.82, 2.24) is 4.90 Å². The summed E-state index contributed by atoms with van der Waals surface area (Å²) in [7, 11) is 0. The molecule has 0 bridgehead atoms. The van der Waals surface area contributed by atoms with E-state index < -0.39 is 0 Å². The van der Waals surface area contributed by atoms with Crippen molar-refractivity contribution in [3.63, 3.8) is 0 Å². The molecule has 0 radical (unpaired) electrons. The molecule has 1 unspecified atom stereocenters. The van der Waals surface area contributed by atoms with Gasteiger partial charge in [-0.3, -0.25) is 4.79 Å². The summed E-state index contributed by atoms with van der Waals surface area (Å²) in [6.07, 6.45) is 4.48. The summed E-state index contributed by atoms with van der Waals surface area (Å²) in [6.45, 7) is 4.10. The Hall–Kier alpha value is -0.570. The highest BCUT2D eigenvalue weighted by atomic mass is 16.2. The van der Waals surface area contributed by atoms with Gasteiger partial charge in [0.15, 0.2) is 0 Å². The summed E-state index contributed by atoms with van der Waals surface area (Å²) in [6, 6.07) is -0.226. The zero-order valence-electron chi connectivity index (χ0n) is 8.25. The van der Waals surface area contributed by atoms with Gasteiger partial charge in [0.25, 0.3) is 0 Å². The van der Waals surface area contributed by atoms with Crippen LogP contribution in [0.4, 0.5) is 0 Å². The van der Waals surface area contributed by atoms with E-state index in [4.69, 9.17) is 5.73 Å². The van der Waals surface area contributed by atoms with E-state index in [1.807, 2.05) is 4.90 Å². The second kappa shape index (κ2) is 2.98. The molecule has 1 saturated carbocycles. The maximum absolute atomic E-state index is 11.6. The van der Waals surface area contributed by atoms with E-state index in [9.17, 15) is 4.79 Å². The van der Waals surface area contributed by atoms with E-state index in [1.54, 1.807) is 0 Å². The van der Waals surface area contributed by atoms with Crippen LogP contribution in [0.25, 0.3) is 0 Å². The topological polar surface area (TPSA) is 46.3 Å². The monoisotopic (exact) mass is 182 g/mol. The van der Waals surface area contributed by atoms with Crippen LogP contribution in [0, 0.1) is 5.41 Å². The van der Waals surface area contributed by atoms with Crippen LogP contribution >= 0.6 is 0 Å². The van der Waals surface area contributed by atoms with Crippen molar-refractivity contribution in [3.8, 4) is 0 Å². The maximum atomic E-state index is 11.6. The Morgan fingerprint density at radius 1 is 1.62 bits per heavy atom. The fourth-order valence-corrected chi connectivity index (χ4v) is 1.96. The molecular formula is C10H18N2O. The first kappa shape index (κ1) is 9.00. The number of rotatable bonds is 2. The maximum Gasteiger partial charge on any atom is 0.239 e. The number of nitrogens with zero attached hydrogens (tertiary/aromatic N) is 1. The molecule has 1 aliphatic carbocycles. The SMILES string of the molecule is CC1(CN2CCCC(N)C2=O)CC1. The predicted molar refractivity (Wildman–Crippen MR) is 51.1 cm³/mol. The summed E-state index contributed by atoms with van der Waals surface area (Å²) in [5, 5.41) is 0. The van der Waals surface area contributed by atoms with Gasteiger partial charge in [-0.15, -0.1) is 0 Å². The van der Waals surface area contributed by atoms with Crippen LogP contribution in [-0.4, -0.2) is 29.9 Å². The molecule has 13 heavy (non-hydrogen) atoms.